The van der Waals surface area contributed by atoms with Crippen LogP contribution in [0, 0.1) is 0 Å². The van der Waals surface area contributed by atoms with E-state index in [-0.39, 0.29) is 0 Å². The summed E-state index contributed by atoms with van der Waals surface area (Å²) in [6.45, 7) is 3.85. The first-order valence-corrected chi connectivity index (χ1v) is 12.2. The standard InChI is InChI=1S/C27H29N5S/c1-19-12-13-33-30-26-14-21(6-10-24(19)26)17-32(16-20-4-7-22(8-5-20)31(2)3)23-9-11-25-27(15-23)29-18-28-25/h4-11,14-15,18H,12-13,16-17H2,1-3H3,(H,28,29). The predicted octanol–water partition coefficient (Wildman–Crippen LogP) is 4.68. The number of benzene rings is 3. The summed E-state index contributed by atoms with van der Waals surface area (Å²) in [5.74, 6) is 1.05. The number of nitrogens with one attached hydrogen (secondary N) is 1. The molecular weight excluding hydrogens is 426 g/mol. The van der Waals surface area contributed by atoms with Crippen LogP contribution in [0.15, 0.2) is 71.4 Å². The molecule has 0 saturated heterocycles. The quantitative estimate of drug-likeness (QED) is 0.429. The fourth-order valence-electron chi connectivity index (χ4n) is 4.26. The van der Waals surface area contributed by atoms with Crippen LogP contribution in [0.5, 0.6) is 0 Å². The predicted molar refractivity (Wildman–Crippen MR) is 140 cm³/mol. The zero-order chi connectivity index (χ0) is 22.8. The number of imidazole rings is 1. The molecule has 33 heavy (non-hydrogen) atoms. The van der Waals surface area contributed by atoms with Crippen molar-refractivity contribution >= 4 is 39.9 Å². The van der Waals surface area contributed by atoms with Gasteiger partial charge in [0, 0.05) is 44.3 Å². The lowest BCUT2D eigenvalue weighted by Gasteiger charge is -2.26. The fraction of sp³-hybridized carbons (Fsp3) is 0.259. The second-order valence-corrected chi connectivity index (χ2v) is 9.68. The van der Waals surface area contributed by atoms with Gasteiger partial charge in [-0.2, -0.15) is 0 Å². The summed E-state index contributed by atoms with van der Waals surface area (Å²) in [5, 5.41) is 2.39. The Bertz CT molecular complexity index is 1390. The summed E-state index contributed by atoms with van der Waals surface area (Å²) in [6, 6.07) is 22.0. The summed E-state index contributed by atoms with van der Waals surface area (Å²) >= 11 is 1.67. The first-order valence-electron chi connectivity index (χ1n) is 11.3. The molecule has 0 amide bonds. The van der Waals surface area contributed by atoms with E-state index in [9.17, 15) is 0 Å². The van der Waals surface area contributed by atoms with Crippen molar-refractivity contribution in [3.05, 3.63) is 88.7 Å². The first-order chi connectivity index (χ1) is 16.1. The third-order valence-electron chi connectivity index (χ3n) is 6.22. The maximum Gasteiger partial charge on any atom is 0.0931 e. The molecule has 5 rings (SSSR count). The molecule has 4 aromatic rings. The normalized spacial score (nSPS) is 13.4. The number of aromatic nitrogens is 2. The molecule has 1 aliphatic heterocycles. The van der Waals surface area contributed by atoms with Crippen LogP contribution in [0.2, 0.25) is 0 Å². The van der Waals surface area contributed by atoms with Gasteiger partial charge in [0.2, 0.25) is 0 Å². The van der Waals surface area contributed by atoms with Crippen LogP contribution in [-0.4, -0.2) is 29.8 Å². The average Bonchev–Trinajstić information content (AvgIpc) is 3.22. The Hall–Kier alpha value is -3.25. The summed E-state index contributed by atoms with van der Waals surface area (Å²) < 4.78 is 4.78. The highest BCUT2D eigenvalue weighted by Gasteiger charge is 2.12. The largest absolute Gasteiger partial charge is 0.378 e. The molecule has 5 nitrogen and oxygen atoms in total. The number of hydrogen-bond acceptors (Lipinski definition) is 5. The molecular formula is C27H29N5S. The first kappa shape index (κ1) is 21.6. The molecule has 0 bridgehead atoms. The van der Waals surface area contributed by atoms with Crippen molar-refractivity contribution in [1.29, 1.82) is 0 Å². The Morgan fingerprint density at radius 2 is 1.67 bits per heavy atom. The lowest BCUT2D eigenvalue weighted by atomic mass is 10.1. The molecule has 168 valence electrons. The molecule has 6 heteroatoms. The number of hydrogen-bond donors (Lipinski definition) is 1. The highest BCUT2D eigenvalue weighted by Crippen LogP contribution is 2.24. The van der Waals surface area contributed by atoms with Crippen LogP contribution < -0.4 is 20.4 Å². The van der Waals surface area contributed by atoms with Gasteiger partial charge in [0.05, 0.1) is 22.7 Å². The maximum absolute atomic E-state index is 4.78. The van der Waals surface area contributed by atoms with Gasteiger partial charge in [-0.3, -0.25) is 0 Å². The number of aromatic amines is 1. The molecule has 0 atom stereocenters. The van der Waals surface area contributed by atoms with E-state index >= 15 is 0 Å². The van der Waals surface area contributed by atoms with Gasteiger partial charge < -0.3 is 14.8 Å². The second kappa shape index (κ2) is 9.32. The van der Waals surface area contributed by atoms with Crippen molar-refractivity contribution in [2.75, 3.05) is 29.6 Å². The Labute approximate surface area is 199 Å². The zero-order valence-electron chi connectivity index (χ0n) is 19.4. The molecule has 0 aliphatic carbocycles. The SMILES string of the molecule is CC1=c2ccc(CN(Cc3ccc(N(C)C)cc3)c3ccc4nc[nH]c4c3)cc2=NSCC1. The summed E-state index contributed by atoms with van der Waals surface area (Å²) in [6.07, 6.45) is 2.85. The fourth-order valence-corrected chi connectivity index (χ4v) is 5.04. The van der Waals surface area contributed by atoms with E-state index in [4.69, 9.17) is 4.40 Å². The van der Waals surface area contributed by atoms with E-state index in [1.807, 2.05) is 0 Å². The third kappa shape index (κ3) is 4.76. The minimum atomic E-state index is 0.807. The van der Waals surface area contributed by atoms with Crippen molar-refractivity contribution in [1.82, 2.24) is 9.97 Å². The Morgan fingerprint density at radius 3 is 2.48 bits per heavy atom. The Kier molecular flexibility index (Phi) is 6.09. The monoisotopic (exact) mass is 455 g/mol. The third-order valence-corrected chi connectivity index (χ3v) is 6.93. The molecule has 0 spiro atoms. The molecule has 0 unspecified atom stereocenters. The van der Waals surface area contributed by atoms with Gasteiger partial charge in [-0.1, -0.05) is 29.8 Å². The van der Waals surface area contributed by atoms with Gasteiger partial charge in [0.15, 0.2) is 0 Å². The number of anilines is 2. The minimum Gasteiger partial charge on any atom is -0.378 e. The van der Waals surface area contributed by atoms with E-state index in [1.165, 1.54) is 33.3 Å². The zero-order valence-corrected chi connectivity index (χ0v) is 20.2. The van der Waals surface area contributed by atoms with Gasteiger partial charge in [-0.05, 0) is 78.0 Å². The van der Waals surface area contributed by atoms with Crippen LogP contribution in [-0.2, 0) is 13.1 Å². The summed E-state index contributed by atoms with van der Waals surface area (Å²) in [7, 11) is 4.14. The molecule has 1 aliphatic rings. The Morgan fingerprint density at radius 1 is 0.909 bits per heavy atom. The number of H-pyrrole nitrogens is 1. The maximum atomic E-state index is 4.78. The highest BCUT2D eigenvalue weighted by atomic mass is 32.2. The average molecular weight is 456 g/mol. The van der Waals surface area contributed by atoms with E-state index in [1.54, 1.807) is 18.3 Å². The number of nitrogens with zero attached hydrogens (tertiary/aromatic N) is 4. The molecule has 1 N–H and O–H groups in total. The van der Waals surface area contributed by atoms with Crippen molar-refractivity contribution in [3.63, 3.8) is 0 Å². The van der Waals surface area contributed by atoms with Gasteiger partial charge in [0.25, 0.3) is 0 Å². The summed E-state index contributed by atoms with van der Waals surface area (Å²) in [5.41, 5.74) is 8.40. The van der Waals surface area contributed by atoms with Crippen molar-refractivity contribution < 1.29 is 0 Å². The van der Waals surface area contributed by atoms with E-state index < -0.39 is 0 Å². The van der Waals surface area contributed by atoms with Crippen molar-refractivity contribution in [2.24, 2.45) is 4.40 Å². The van der Waals surface area contributed by atoms with Gasteiger partial charge >= 0.3 is 0 Å². The summed E-state index contributed by atoms with van der Waals surface area (Å²) in [4.78, 5) is 12.2. The molecule has 3 aromatic carbocycles. The van der Waals surface area contributed by atoms with E-state index in [0.717, 1.165) is 41.7 Å². The highest BCUT2D eigenvalue weighted by molar-refractivity contribution is 7.97. The van der Waals surface area contributed by atoms with Gasteiger partial charge in [0.1, 0.15) is 0 Å². The lowest BCUT2D eigenvalue weighted by Crippen LogP contribution is -2.28. The van der Waals surface area contributed by atoms with Crippen LogP contribution >= 0.6 is 11.9 Å². The molecule has 0 radical (unpaired) electrons. The lowest BCUT2D eigenvalue weighted by molar-refractivity contribution is 0.799. The molecule has 0 saturated carbocycles. The molecule has 2 heterocycles. The minimum absolute atomic E-state index is 0.807. The van der Waals surface area contributed by atoms with E-state index in [2.05, 4.69) is 101 Å². The molecule has 0 fully saturated rings. The van der Waals surface area contributed by atoms with Crippen LogP contribution in [0.3, 0.4) is 0 Å². The van der Waals surface area contributed by atoms with Gasteiger partial charge in [-0.15, -0.1) is 0 Å². The smallest absolute Gasteiger partial charge is 0.0931 e. The second-order valence-electron chi connectivity index (χ2n) is 8.83. The molecule has 1 aromatic heterocycles. The van der Waals surface area contributed by atoms with Gasteiger partial charge in [-0.25, -0.2) is 9.38 Å². The van der Waals surface area contributed by atoms with E-state index in [0.29, 0.717) is 0 Å². The number of rotatable bonds is 6. The Balaban J connectivity index is 1.50. The van der Waals surface area contributed by atoms with Crippen molar-refractivity contribution in [2.45, 2.75) is 26.4 Å². The van der Waals surface area contributed by atoms with Crippen LogP contribution in [0.4, 0.5) is 11.4 Å². The van der Waals surface area contributed by atoms with Crippen LogP contribution in [0.25, 0.3) is 16.6 Å². The van der Waals surface area contributed by atoms with Crippen molar-refractivity contribution in [3.8, 4) is 0 Å². The van der Waals surface area contributed by atoms with Crippen LogP contribution in [0.1, 0.15) is 24.5 Å². The number of fused-ring (bicyclic) bond motifs is 2. The topological polar surface area (TPSA) is 47.5 Å².